The lowest BCUT2D eigenvalue weighted by molar-refractivity contribution is 0.0950. The first-order valence-corrected chi connectivity index (χ1v) is 11.6. The number of ether oxygens (including phenoxy) is 1. The monoisotopic (exact) mass is 466 g/mol. The van der Waals surface area contributed by atoms with Crippen LogP contribution in [0, 0.1) is 6.92 Å². The first kappa shape index (κ1) is 22.4. The van der Waals surface area contributed by atoms with E-state index in [0.717, 1.165) is 24.0 Å². The summed E-state index contributed by atoms with van der Waals surface area (Å²) in [7, 11) is 0. The standard InChI is InChI=1S/C28H26N4O3/c1-18-10-11-21(28(34)31-22-12-13-22)15-24(18)32-17-30-25(27(32)29)26(33)20-8-5-9-23(14-20)35-16-19-6-3-2-4-7-19/h2-11,14-15,17,22H,12-13,16,29H2,1H3,(H,31,34). The average Bonchev–Trinajstić information content (AvgIpc) is 3.62. The van der Waals surface area contributed by atoms with Gasteiger partial charge in [-0.3, -0.25) is 14.2 Å². The summed E-state index contributed by atoms with van der Waals surface area (Å²) in [6.45, 7) is 2.32. The van der Waals surface area contributed by atoms with Crippen LogP contribution in [0.2, 0.25) is 0 Å². The predicted molar refractivity (Wildman–Crippen MR) is 134 cm³/mol. The number of carbonyl (C=O) groups is 2. The Kier molecular flexibility index (Phi) is 6.06. The number of anilines is 1. The van der Waals surface area contributed by atoms with Crippen LogP contribution in [0.15, 0.2) is 79.1 Å². The molecular weight excluding hydrogens is 440 g/mol. The molecule has 1 heterocycles. The summed E-state index contributed by atoms with van der Waals surface area (Å²) in [5, 5.41) is 2.99. The molecule has 1 amide bonds. The lowest BCUT2D eigenvalue weighted by Crippen LogP contribution is -2.25. The minimum absolute atomic E-state index is 0.115. The molecule has 0 aliphatic heterocycles. The van der Waals surface area contributed by atoms with Crippen LogP contribution in [0.1, 0.15) is 50.4 Å². The number of aryl methyl sites for hydroxylation is 1. The van der Waals surface area contributed by atoms with E-state index in [1.165, 1.54) is 6.33 Å². The zero-order valence-corrected chi connectivity index (χ0v) is 19.4. The number of aromatic nitrogens is 2. The van der Waals surface area contributed by atoms with Gasteiger partial charge in [0.25, 0.3) is 5.91 Å². The smallest absolute Gasteiger partial charge is 0.251 e. The van der Waals surface area contributed by atoms with E-state index in [1.54, 1.807) is 34.9 Å². The Morgan fingerprint density at radius 1 is 1.03 bits per heavy atom. The van der Waals surface area contributed by atoms with Gasteiger partial charge in [-0.25, -0.2) is 4.98 Å². The number of hydrogen-bond acceptors (Lipinski definition) is 5. The third-order valence-corrected chi connectivity index (χ3v) is 6.01. The topological polar surface area (TPSA) is 99.2 Å². The molecule has 0 saturated heterocycles. The second kappa shape index (κ2) is 9.46. The highest BCUT2D eigenvalue weighted by Crippen LogP contribution is 2.25. The number of carbonyl (C=O) groups excluding carboxylic acids is 2. The largest absolute Gasteiger partial charge is 0.489 e. The molecule has 3 N–H and O–H groups in total. The molecule has 1 aromatic heterocycles. The lowest BCUT2D eigenvalue weighted by atomic mass is 10.1. The number of nitrogen functional groups attached to an aromatic ring is 1. The molecule has 35 heavy (non-hydrogen) atoms. The van der Waals surface area contributed by atoms with E-state index >= 15 is 0 Å². The molecule has 1 aliphatic rings. The van der Waals surface area contributed by atoms with Gasteiger partial charge in [0.2, 0.25) is 5.78 Å². The van der Waals surface area contributed by atoms with Gasteiger partial charge in [-0.05, 0) is 55.2 Å². The number of nitrogens with two attached hydrogens (primary N) is 1. The second-order valence-corrected chi connectivity index (χ2v) is 8.73. The quantitative estimate of drug-likeness (QED) is 0.374. The molecular formula is C28H26N4O3. The normalized spacial score (nSPS) is 12.8. The van der Waals surface area contributed by atoms with Gasteiger partial charge in [0.1, 0.15) is 24.5 Å². The fourth-order valence-electron chi connectivity index (χ4n) is 3.84. The molecule has 3 aromatic carbocycles. The van der Waals surface area contributed by atoms with Crippen molar-refractivity contribution in [3.8, 4) is 11.4 Å². The number of hydrogen-bond donors (Lipinski definition) is 2. The summed E-state index contributed by atoms with van der Waals surface area (Å²) in [4.78, 5) is 30.1. The Morgan fingerprint density at radius 2 is 1.83 bits per heavy atom. The van der Waals surface area contributed by atoms with Crippen LogP contribution in [-0.2, 0) is 6.61 Å². The van der Waals surface area contributed by atoms with Crippen molar-refractivity contribution in [2.75, 3.05) is 5.73 Å². The average molecular weight is 467 g/mol. The van der Waals surface area contributed by atoms with Crippen molar-refractivity contribution in [1.82, 2.24) is 14.9 Å². The van der Waals surface area contributed by atoms with Crippen molar-refractivity contribution in [3.05, 3.63) is 107 Å². The van der Waals surface area contributed by atoms with Gasteiger partial charge in [0, 0.05) is 17.2 Å². The Bertz CT molecular complexity index is 1390. The van der Waals surface area contributed by atoms with Crippen LogP contribution >= 0.6 is 0 Å². The highest BCUT2D eigenvalue weighted by Gasteiger charge is 2.24. The van der Waals surface area contributed by atoms with Crippen molar-refractivity contribution in [1.29, 1.82) is 0 Å². The molecule has 0 unspecified atom stereocenters. The number of benzene rings is 3. The van der Waals surface area contributed by atoms with Crippen molar-refractivity contribution in [3.63, 3.8) is 0 Å². The van der Waals surface area contributed by atoms with Gasteiger partial charge < -0.3 is 15.8 Å². The first-order valence-electron chi connectivity index (χ1n) is 11.6. The summed E-state index contributed by atoms with van der Waals surface area (Å²) >= 11 is 0. The Hall–Kier alpha value is -4.39. The minimum atomic E-state index is -0.299. The maximum absolute atomic E-state index is 13.3. The molecule has 5 rings (SSSR count). The van der Waals surface area contributed by atoms with E-state index in [1.807, 2.05) is 49.4 Å². The van der Waals surface area contributed by atoms with Crippen LogP contribution < -0.4 is 15.8 Å². The van der Waals surface area contributed by atoms with Gasteiger partial charge in [-0.2, -0.15) is 0 Å². The number of imidazole rings is 1. The SMILES string of the molecule is Cc1ccc(C(=O)NC2CC2)cc1-n1cnc(C(=O)c2cccc(OCc3ccccc3)c2)c1N. The number of nitrogens with one attached hydrogen (secondary N) is 1. The van der Waals surface area contributed by atoms with Gasteiger partial charge >= 0.3 is 0 Å². The molecule has 7 nitrogen and oxygen atoms in total. The Labute approximate surface area is 203 Å². The van der Waals surface area contributed by atoms with Gasteiger partial charge in [-0.1, -0.05) is 48.5 Å². The first-order chi connectivity index (χ1) is 17.0. The molecule has 0 radical (unpaired) electrons. The van der Waals surface area contributed by atoms with Crippen molar-refractivity contribution in [2.24, 2.45) is 0 Å². The Balaban J connectivity index is 1.37. The summed E-state index contributed by atoms with van der Waals surface area (Å²) < 4.78 is 7.50. The van der Waals surface area contributed by atoms with E-state index in [0.29, 0.717) is 29.2 Å². The third kappa shape index (κ3) is 4.94. The van der Waals surface area contributed by atoms with E-state index in [4.69, 9.17) is 10.5 Å². The van der Waals surface area contributed by atoms with Crippen LogP contribution in [0.5, 0.6) is 5.75 Å². The molecule has 4 aromatic rings. The van der Waals surface area contributed by atoms with Crippen LogP contribution in [0.25, 0.3) is 5.69 Å². The van der Waals surface area contributed by atoms with Gasteiger partial charge in [-0.15, -0.1) is 0 Å². The maximum Gasteiger partial charge on any atom is 0.251 e. The predicted octanol–water partition coefficient (Wildman–Crippen LogP) is 4.47. The third-order valence-electron chi connectivity index (χ3n) is 6.01. The summed E-state index contributed by atoms with van der Waals surface area (Å²) in [6.07, 6.45) is 3.55. The zero-order chi connectivity index (χ0) is 24.4. The summed E-state index contributed by atoms with van der Waals surface area (Å²) in [6, 6.07) is 22.5. The molecule has 0 bridgehead atoms. The number of ketones is 1. The molecule has 7 heteroatoms. The highest BCUT2D eigenvalue weighted by molar-refractivity contribution is 6.10. The van der Waals surface area contributed by atoms with E-state index in [2.05, 4.69) is 10.3 Å². The number of nitrogens with zero attached hydrogens (tertiary/aromatic N) is 2. The second-order valence-electron chi connectivity index (χ2n) is 8.73. The van der Waals surface area contributed by atoms with Gasteiger partial charge in [0.15, 0.2) is 5.69 Å². The molecule has 0 spiro atoms. The van der Waals surface area contributed by atoms with Gasteiger partial charge in [0.05, 0.1) is 5.69 Å². The van der Waals surface area contributed by atoms with Crippen molar-refractivity contribution >= 4 is 17.5 Å². The fourth-order valence-corrected chi connectivity index (χ4v) is 3.84. The maximum atomic E-state index is 13.3. The van der Waals surface area contributed by atoms with Crippen molar-refractivity contribution in [2.45, 2.75) is 32.4 Å². The molecule has 1 saturated carbocycles. The molecule has 0 atom stereocenters. The highest BCUT2D eigenvalue weighted by atomic mass is 16.5. The van der Waals surface area contributed by atoms with E-state index in [9.17, 15) is 9.59 Å². The van der Waals surface area contributed by atoms with Crippen LogP contribution in [0.4, 0.5) is 5.82 Å². The number of amides is 1. The molecule has 1 fully saturated rings. The zero-order valence-electron chi connectivity index (χ0n) is 19.4. The van der Waals surface area contributed by atoms with Crippen LogP contribution in [0.3, 0.4) is 0 Å². The molecule has 176 valence electrons. The summed E-state index contributed by atoms with van der Waals surface area (Å²) in [5.41, 5.74) is 10.2. The summed E-state index contributed by atoms with van der Waals surface area (Å²) in [5.74, 6) is 0.388. The number of rotatable bonds is 8. The van der Waals surface area contributed by atoms with Crippen molar-refractivity contribution < 1.29 is 14.3 Å². The minimum Gasteiger partial charge on any atom is -0.489 e. The lowest BCUT2D eigenvalue weighted by Gasteiger charge is -2.12. The Morgan fingerprint density at radius 3 is 2.60 bits per heavy atom. The molecule has 1 aliphatic carbocycles. The van der Waals surface area contributed by atoms with E-state index in [-0.39, 0.29) is 29.2 Å². The van der Waals surface area contributed by atoms with E-state index < -0.39 is 0 Å². The van der Waals surface area contributed by atoms with Crippen LogP contribution in [-0.4, -0.2) is 27.3 Å². The fraction of sp³-hybridized carbons (Fsp3) is 0.179.